The Morgan fingerprint density at radius 3 is 2.47 bits per heavy atom. The van der Waals surface area contributed by atoms with E-state index >= 15 is 0 Å². The lowest BCUT2D eigenvalue weighted by Crippen LogP contribution is -2.55. The van der Waals surface area contributed by atoms with Crippen LogP contribution < -0.4 is 5.32 Å². The molecule has 0 bridgehead atoms. The lowest BCUT2D eigenvalue weighted by Gasteiger charge is -2.44. The van der Waals surface area contributed by atoms with Crippen molar-refractivity contribution in [3.8, 4) is 0 Å². The fraction of sp³-hybridized carbons (Fsp3) is 0.500. The molecule has 0 aromatic heterocycles. The highest BCUT2D eigenvalue weighted by Crippen LogP contribution is 2.28. The molecule has 0 saturated carbocycles. The molecule has 0 aliphatic carbocycles. The number of ether oxygens (including phenoxy) is 2. The predicted molar refractivity (Wildman–Crippen MR) is 123 cm³/mol. The second-order valence-corrected chi connectivity index (χ2v) is 8.84. The number of rotatable bonds is 7. The van der Waals surface area contributed by atoms with Crippen molar-refractivity contribution in [1.82, 2.24) is 10.2 Å². The zero-order chi connectivity index (χ0) is 22.2. The first-order valence-corrected chi connectivity index (χ1v) is 11.7. The normalized spacial score (nSPS) is 26.5. The first-order valence-electron chi connectivity index (χ1n) is 11.7. The van der Waals surface area contributed by atoms with Crippen molar-refractivity contribution in [3.63, 3.8) is 0 Å². The van der Waals surface area contributed by atoms with Crippen LogP contribution in [0, 0.1) is 0 Å². The van der Waals surface area contributed by atoms with Crippen LogP contribution in [-0.2, 0) is 27.2 Å². The minimum atomic E-state index is -0.507. The predicted octanol–water partition coefficient (Wildman–Crippen LogP) is 2.54. The Labute approximate surface area is 190 Å². The number of carbonyl (C=O) groups excluding carboxylic acids is 1. The molecule has 2 aromatic rings. The van der Waals surface area contributed by atoms with Crippen LogP contribution in [0.1, 0.15) is 30.4 Å². The van der Waals surface area contributed by atoms with E-state index in [9.17, 15) is 9.90 Å². The molecule has 6 nitrogen and oxygen atoms in total. The van der Waals surface area contributed by atoms with E-state index in [-0.39, 0.29) is 24.2 Å². The second-order valence-electron chi connectivity index (χ2n) is 8.84. The van der Waals surface area contributed by atoms with Crippen LogP contribution in [0.2, 0.25) is 0 Å². The van der Waals surface area contributed by atoms with Crippen LogP contribution >= 0.6 is 0 Å². The third-order valence-electron chi connectivity index (χ3n) is 6.31. The highest BCUT2D eigenvalue weighted by Gasteiger charge is 2.37. The molecular formula is C26H34N2O4. The molecular weight excluding hydrogens is 404 g/mol. The van der Waals surface area contributed by atoms with Gasteiger partial charge in [0.2, 0.25) is 5.91 Å². The molecule has 2 aliphatic rings. The van der Waals surface area contributed by atoms with E-state index in [1.54, 1.807) is 0 Å². The molecule has 4 atom stereocenters. The summed E-state index contributed by atoms with van der Waals surface area (Å²) in [6, 6.07) is 20.7. The lowest BCUT2D eigenvalue weighted by atomic mass is 9.94. The maximum atomic E-state index is 12.5. The van der Waals surface area contributed by atoms with Crippen LogP contribution in [0.25, 0.3) is 0 Å². The highest BCUT2D eigenvalue weighted by atomic mass is 16.5. The number of fused-ring (bicyclic) bond motifs is 1. The number of aliphatic hydroxyl groups is 1. The third-order valence-corrected chi connectivity index (χ3v) is 6.31. The molecule has 6 heteroatoms. The van der Waals surface area contributed by atoms with Crippen LogP contribution in [-0.4, -0.2) is 66.6 Å². The standard InChI is InChI=1S/C26H34N2O4/c29-22-17-28(16-21-9-5-2-6-10-21)24-12-11-23(32-25(24)19-31-18-22)15-26(30)27-14-13-20-7-3-1-4-8-20/h1-10,22-25,29H,11-19H2,(H,27,30)/t22-,23-,24+,25-/m1/s1. The lowest BCUT2D eigenvalue weighted by molar-refractivity contribution is -0.158. The first-order chi connectivity index (χ1) is 15.7. The minimum Gasteiger partial charge on any atom is -0.389 e. The van der Waals surface area contributed by atoms with Gasteiger partial charge in [0.15, 0.2) is 0 Å². The number of β-amino-alcohol motifs (C(OH)–C–C–N with tert-alkyl or cyclic N) is 1. The van der Waals surface area contributed by atoms with Crippen LogP contribution in [0.15, 0.2) is 60.7 Å². The number of nitrogens with zero attached hydrogens (tertiary/aromatic N) is 1. The average molecular weight is 439 g/mol. The van der Waals surface area contributed by atoms with E-state index in [4.69, 9.17) is 9.47 Å². The van der Waals surface area contributed by atoms with Crippen LogP contribution in [0.5, 0.6) is 0 Å². The quantitative estimate of drug-likeness (QED) is 0.695. The smallest absolute Gasteiger partial charge is 0.222 e. The van der Waals surface area contributed by atoms with E-state index in [2.05, 4.69) is 34.5 Å². The second kappa shape index (κ2) is 11.6. The fourth-order valence-corrected chi connectivity index (χ4v) is 4.72. The molecule has 4 rings (SSSR count). The summed E-state index contributed by atoms with van der Waals surface area (Å²) in [5.74, 6) is 0.0349. The number of hydrogen-bond acceptors (Lipinski definition) is 5. The minimum absolute atomic E-state index is 0.0349. The van der Waals surface area contributed by atoms with E-state index in [0.717, 1.165) is 25.8 Å². The van der Waals surface area contributed by atoms with E-state index in [1.165, 1.54) is 11.1 Å². The summed E-state index contributed by atoms with van der Waals surface area (Å²) in [4.78, 5) is 14.8. The number of carbonyl (C=O) groups is 1. The zero-order valence-corrected chi connectivity index (χ0v) is 18.6. The van der Waals surface area contributed by atoms with Gasteiger partial charge < -0.3 is 19.9 Å². The maximum absolute atomic E-state index is 12.5. The van der Waals surface area contributed by atoms with Crippen molar-refractivity contribution in [2.75, 3.05) is 26.3 Å². The molecule has 2 fully saturated rings. The van der Waals surface area contributed by atoms with Gasteiger partial charge in [0.05, 0.1) is 37.9 Å². The maximum Gasteiger partial charge on any atom is 0.222 e. The topological polar surface area (TPSA) is 71.0 Å². The van der Waals surface area contributed by atoms with Gasteiger partial charge in [0, 0.05) is 25.7 Å². The molecule has 2 heterocycles. The van der Waals surface area contributed by atoms with Gasteiger partial charge in [-0.15, -0.1) is 0 Å². The van der Waals surface area contributed by atoms with Crippen LogP contribution in [0.4, 0.5) is 0 Å². The van der Waals surface area contributed by atoms with Gasteiger partial charge in [-0.1, -0.05) is 60.7 Å². The van der Waals surface area contributed by atoms with Crippen molar-refractivity contribution < 1.29 is 19.4 Å². The summed E-state index contributed by atoms with van der Waals surface area (Å²) in [5, 5.41) is 13.4. The number of amides is 1. The zero-order valence-electron chi connectivity index (χ0n) is 18.6. The van der Waals surface area contributed by atoms with Crippen molar-refractivity contribution >= 4 is 5.91 Å². The van der Waals surface area contributed by atoms with E-state index < -0.39 is 6.10 Å². The SMILES string of the molecule is O=C(C[C@H]1CC[C@H]2[C@@H](COC[C@H](O)CN2Cc2ccccc2)O1)NCCc1ccccc1. The molecule has 1 amide bonds. The fourth-order valence-electron chi connectivity index (χ4n) is 4.72. The summed E-state index contributed by atoms with van der Waals surface area (Å²) in [7, 11) is 0. The van der Waals surface area contributed by atoms with E-state index in [1.807, 2.05) is 36.4 Å². The summed E-state index contributed by atoms with van der Waals surface area (Å²) >= 11 is 0. The number of hydrogen-bond donors (Lipinski definition) is 2. The van der Waals surface area contributed by atoms with Gasteiger partial charge in [-0.25, -0.2) is 0 Å². The molecule has 2 saturated heterocycles. The van der Waals surface area contributed by atoms with Crippen LogP contribution in [0.3, 0.4) is 0 Å². The molecule has 2 aromatic carbocycles. The highest BCUT2D eigenvalue weighted by molar-refractivity contribution is 5.76. The van der Waals surface area contributed by atoms with Gasteiger partial charge in [-0.2, -0.15) is 0 Å². The van der Waals surface area contributed by atoms with E-state index in [0.29, 0.717) is 32.7 Å². The molecule has 172 valence electrons. The van der Waals surface area contributed by atoms with Gasteiger partial charge in [-0.3, -0.25) is 9.69 Å². The number of benzene rings is 2. The van der Waals surface area contributed by atoms with Gasteiger partial charge in [0.25, 0.3) is 0 Å². The largest absolute Gasteiger partial charge is 0.389 e. The molecule has 32 heavy (non-hydrogen) atoms. The summed E-state index contributed by atoms with van der Waals surface area (Å²) in [5.41, 5.74) is 2.44. The van der Waals surface area contributed by atoms with Gasteiger partial charge in [-0.05, 0) is 30.4 Å². The molecule has 0 radical (unpaired) electrons. The molecule has 2 N–H and O–H groups in total. The van der Waals surface area contributed by atoms with Crippen molar-refractivity contribution in [2.45, 2.75) is 56.6 Å². The Hall–Kier alpha value is -2.25. The molecule has 2 aliphatic heterocycles. The number of nitrogens with one attached hydrogen (secondary N) is 1. The summed E-state index contributed by atoms with van der Waals surface area (Å²) in [6.45, 7) is 2.71. The Morgan fingerprint density at radius 2 is 1.72 bits per heavy atom. The summed E-state index contributed by atoms with van der Waals surface area (Å²) in [6.07, 6.45) is 2.26. The van der Waals surface area contributed by atoms with Crippen molar-refractivity contribution in [2.24, 2.45) is 0 Å². The average Bonchev–Trinajstić information content (AvgIpc) is 2.79. The third kappa shape index (κ3) is 6.62. The van der Waals surface area contributed by atoms with Gasteiger partial charge in [0.1, 0.15) is 0 Å². The van der Waals surface area contributed by atoms with Crippen molar-refractivity contribution in [1.29, 1.82) is 0 Å². The van der Waals surface area contributed by atoms with Gasteiger partial charge >= 0.3 is 0 Å². The Balaban J connectivity index is 1.30. The summed E-state index contributed by atoms with van der Waals surface area (Å²) < 4.78 is 12.1. The Bertz CT molecular complexity index is 832. The Morgan fingerprint density at radius 1 is 1.00 bits per heavy atom. The molecule has 0 unspecified atom stereocenters. The monoisotopic (exact) mass is 438 g/mol. The number of aliphatic hydroxyl groups excluding tert-OH is 1. The Kier molecular flexibility index (Phi) is 8.29. The first kappa shape index (κ1) is 22.9. The molecule has 0 spiro atoms. The van der Waals surface area contributed by atoms with Crippen molar-refractivity contribution in [3.05, 3.63) is 71.8 Å².